The highest BCUT2D eigenvalue weighted by atomic mass is 16.5. The molecule has 32 heavy (non-hydrogen) atoms. The molecule has 0 radical (unpaired) electrons. The second-order valence-electron chi connectivity index (χ2n) is 8.02. The topological polar surface area (TPSA) is 138 Å². The van der Waals surface area contributed by atoms with Crippen molar-refractivity contribution in [2.45, 2.75) is 63.8 Å². The molecule has 1 aliphatic carbocycles. The summed E-state index contributed by atoms with van der Waals surface area (Å²) >= 11 is 0. The molecule has 3 rings (SSSR count). The summed E-state index contributed by atoms with van der Waals surface area (Å²) in [6.07, 6.45) is 6.24. The predicted octanol–water partition coefficient (Wildman–Crippen LogP) is 3.08. The Morgan fingerprint density at radius 2 is 1.62 bits per heavy atom. The van der Waals surface area contributed by atoms with Gasteiger partial charge in [-0.25, -0.2) is 4.79 Å². The number of nitrogens with zero attached hydrogens (tertiary/aromatic N) is 2. The lowest BCUT2D eigenvalue weighted by Gasteiger charge is -2.30. The average Bonchev–Trinajstić information content (AvgIpc) is 3.13. The van der Waals surface area contributed by atoms with Crippen LogP contribution in [0.3, 0.4) is 0 Å². The van der Waals surface area contributed by atoms with Crippen LogP contribution in [0.5, 0.6) is 0 Å². The molecular weight excluding hydrogens is 412 g/mol. The first kappa shape index (κ1) is 23.2. The number of aromatic nitrogens is 2. The summed E-state index contributed by atoms with van der Waals surface area (Å²) in [5.74, 6) is 0.551. The monoisotopic (exact) mass is 442 g/mol. The summed E-state index contributed by atoms with van der Waals surface area (Å²) < 4.78 is 5.39. The van der Waals surface area contributed by atoms with Gasteiger partial charge in [-0.1, -0.05) is 30.8 Å². The number of carbonyl (C=O) groups is 3. The van der Waals surface area contributed by atoms with Gasteiger partial charge in [-0.05, 0) is 37.1 Å². The van der Waals surface area contributed by atoms with Crippen LogP contribution in [0.4, 0.5) is 16.2 Å². The van der Waals surface area contributed by atoms with E-state index in [-0.39, 0.29) is 24.3 Å². The highest BCUT2D eigenvalue weighted by molar-refractivity contribution is 5.92. The number of hydrogen-bond acceptors (Lipinski definition) is 6. The molecule has 10 nitrogen and oxygen atoms in total. The van der Waals surface area contributed by atoms with Crippen molar-refractivity contribution in [2.24, 2.45) is 0 Å². The maximum atomic E-state index is 12.3. The van der Waals surface area contributed by atoms with Gasteiger partial charge in [-0.15, -0.1) is 0 Å². The first-order chi connectivity index (χ1) is 15.4. The van der Waals surface area contributed by atoms with Crippen LogP contribution in [-0.2, 0) is 21.5 Å². The molecule has 4 N–H and O–H groups in total. The molecule has 0 saturated heterocycles. The Morgan fingerprint density at radius 3 is 2.22 bits per heavy atom. The summed E-state index contributed by atoms with van der Waals surface area (Å²) in [4.78, 5) is 40.0. The van der Waals surface area contributed by atoms with Gasteiger partial charge in [-0.2, -0.15) is 4.98 Å². The Labute approximate surface area is 186 Å². The van der Waals surface area contributed by atoms with E-state index in [2.05, 4.69) is 31.4 Å². The number of amides is 4. The molecule has 1 fully saturated rings. The van der Waals surface area contributed by atoms with Crippen LogP contribution in [0.2, 0.25) is 0 Å². The van der Waals surface area contributed by atoms with E-state index in [1.54, 1.807) is 24.3 Å². The average molecular weight is 443 g/mol. The minimum absolute atomic E-state index is 0.117. The SMILES string of the molecule is CNC(=O)Nc1ccc(NC(=O)CCc2nc(C3(NC(C)=O)CCCCCC3)no2)cc1. The fourth-order valence-corrected chi connectivity index (χ4v) is 3.90. The third-order valence-electron chi connectivity index (χ3n) is 5.49. The van der Waals surface area contributed by atoms with E-state index in [4.69, 9.17) is 4.52 Å². The van der Waals surface area contributed by atoms with Crippen LogP contribution < -0.4 is 21.3 Å². The van der Waals surface area contributed by atoms with Crippen LogP contribution in [0.25, 0.3) is 0 Å². The minimum atomic E-state index is -0.600. The Balaban J connectivity index is 1.56. The van der Waals surface area contributed by atoms with Crippen molar-refractivity contribution in [3.05, 3.63) is 36.0 Å². The van der Waals surface area contributed by atoms with Crippen LogP contribution in [0.1, 0.15) is 63.6 Å². The van der Waals surface area contributed by atoms with E-state index in [9.17, 15) is 14.4 Å². The smallest absolute Gasteiger partial charge is 0.318 e. The molecule has 1 aromatic heterocycles. The molecule has 1 heterocycles. The Hall–Kier alpha value is -3.43. The van der Waals surface area contributed by atoms with Crippen LogP contribution in [0, 0.1) is 0 Å². The summed E-state index contributed by atoms with van der Waals surface area (Å²) in [5, 5.41) is 15.1. The molecule has 0 bridgehead atoms. The van der Waals surface area contributed by atoms with E-state index in [0.29, 0.717) is 29.5 Å². The zero-order chi connectivity index (χ0) is 23.0. The maximum absolute atomic E-state index is 12.3. The quantitative estimate of drug-likeness (QED) is 0.486. The van der Waals surface area contributed by atoms with E-state index in [1.807, 2.05) is 0 Å². The maximum Gasteiger partial charge on any atom is 0.318 e. The lowest BCUT2D eigenvalue weighted by molar-refractivity contribution is -0.121. The zero-order valence-electron chi connectivity index (χ0n) is 18.5. The fourth-order valence-electron chi connectivity index (χ4n) is 3.90. The highest BCUT2D eigenvalue weighted by Gasteiger charge is 2.38. The summed E-state index contributed by atoms with van der Waals surface area (Å²) in [6.45, 7) is 1.50. The molecule has 2 aromatic rings. The van der Waals surface area contributed by atoms with Crippen LogP contribution in [0.15, 0.2) is 28.8 Å². The molecule has 172 valence electrons. The molecule has 0 aliphatic heterocycles. The number of rotatable bonds is 7. The lowest BCUT2D eigenvalue weighted by Crippen LogP contribution is -2.45. The van der Waals surface area contributed by atoms with Gasteiger partial charge in [-0.3, -0.25) is 9.59 Å². The Bertz CT molecular complexity index is 932. The molecule has 0 spiro atoms. The molecule has 4 amide bonds. The van der Waals surface area contributed by atoms with Gasteiger partial charge in [0.15, 0.2) is 5.82 Å². The van der Waals surface area contributed by atoms with E-state index in [0.717, 1.165) is 38.5 Å². The van der Waals surface area contributed by atoms with Gasteiger partial charge in [0.2, 0.25) is 17.7 Å². The van der Waals surface area contributed by atoms with Crippen LogP contribution >= 0.6 is 0 Å². The molecular formula is C22H30N6O4. The zero-order valence-corrected chi connectivity index (χ0v) is 18.5. The van der Waals surface area contributed by atoms with E-state index < -0.39 is 5.54 Å². The van der Waals surface area contributed by atoms with Crippen molar-refractivity contribution in [2.75, 3.05) is 17.7 Å². The molecule has 10 heteroatoms. The summed E-state index contributed by atoms with van der Waals surface area (Å²) in [7, 11) is 1.53. The van der Waals surface area contributed by atoms with Gasteiger partial charge in [0.1, 0.15) is 5.54 Å². The number of anilines is 2. The molecule has 0 unspecified atom stereocenters. The van der Waals surface area contributed by atoms with Crippen molar-refractivity contribution in [1.29, 1.82) is 0 Å². The standard InChI is InChI=1S/C22H30N6O4/c1-15(29)27-22(13-5-3-4-6-14-22)20-26-19(32-28-20)12-11-18(30)24-16-7-9-17(10-8-16)25-21(31)23-2/h7-10H,3-6,11-14H2,1-2H3,(H,24,30)(H,27,29)(H2,23,25,31). The Kier molecular flexibility index (Phi) is 7.80. The second-order valence-corrected chi connectivity index (χ2v) is 8.02. The van der Waals surface area contributed by atoms with Crippen molar-refractivity contribution in [3.63, 3.8) is 0 Å². The summed E-state index contributed by atoms with van der Waals surface area (Å²) in [6, 6.07) is 6.49. The first-order valence-corrected chi connectivity index (χ1v) is 10.9. The lowest BCUT2D eigenvalue weighted by atomic mass is 9.89. The molecule has 1 aromatic carbocycles. The third kappa shape index (κ3) is 6.29. The molecule has 1 saturated carbocycles. The van der Waals surface area contributed by atoms with Crippen molar-refractivity contribution >= 4 is 29.2 Å². The van der Waals surface area contributed by atoms with Gasteiger partial charge in [0.25, 0.3) is 0 Å². The van der Waals surface area contributed by atoms with Gasteiger partial charge in [0.05, 0.1) is 0 Å². The van der Waals surface area contributed by atoms with E-state index >= 15 is 0 Å². The third-order valence-corrected chi connectivity index (χ3v) is 5.49. The number of hydrogen-bond donors (Lipinski definition) is 4. The van der Waals surface area contributed by atoms with Crippen molar-refractivity contribution in [3.8, 4) is 0 Å². The molecule has 1 aliphatic rings. The fraction of sp³-hybridized carbons (Fsp3) is 0.500. The van der Waals surface area contributed by atoms with Gasteiger partial charge < -0.3 is 25.8 Å². The Morgan fingerprint density at radius 1 is 1.00 bits per heavy atom. The number of benzene rings is 1. The number of urea groups is 1. The number of carbonyl (C=O) groups excluding carboxylic acids is 3. The van der Waals surface area contributed by atoms with Gasteiger partial charge >= 0.3 is 6.03 Å². The first-order valence-electron chi connectivity index (χ1n) is 10.9. The number of nitrogens with one attached hydrogen (secondary N) is 4. The second kappa shape index (κ2) is 10.7. The van der Waals surface area contributed by atoms with Crippen molar-refractivity contribution < 1.29 is 18.9 Å². The van der Waals surface area contributed by atoms with Crippen molar-refractivity contribution in [1.82, 2.24) is 20.8 Å². The molecule has 0 atom stereocenters. The predicted molar refractivity (Wildman–Crippen MR) is 119 cm³/mol. The highest BCUT2D eigenvalue weighted by Crippen LogP contribution is 2.34. The van der Waals surface area contributed by atoms with Crippen LogP contribution in [-0.4, -0.2) is 35.0 Å². The summed E-state index contributed by atoms with van der Waals surface area (Å²) in [5.41, 5.74) is 0.635. The largest absolute Gasteiger partial charge is 0.343 e. The van der Waals surface area contributed by atoms with E-state index in [1.165, 1.54) is 14.0 Å². The normalized spacial score (nSPS) is 15.3. The van der Waals surface area contributed by atoms with Gasteiger partial charge in [0, 0.05) is 38.2 Å². The number of aryl methyl sites for hydroxylation is 1. The minimum Gasteiger partial charge on any atom is -0.343 e.